The van der Waals surface area contributed by atoms with Gasteiger partial charge in [-0.1, -0.05) is 22.0 Å². The Morgan fingerprint density at radius 3 is 2.25 bits per heavy atom. The lowest BCUT2D eigenvalue weighted by molar-refractivity contribution is 0.487. The van der Waals surface area contributed by atoms with Crippen LogP contribution in [0.15, 0.2) is 11.1 Å². The Labute approximate surface area is 56.3 Å². The Hall–Kier alpha value is 0.130. The van der Waals surface area contributed by atoms with E-state index in [0.717, 1.165) is 0 Å². The summed E-state index contributed by atoms with van der Waals surface area (Å²) < 4.78 is 27.8. The normalized spacial score (nSPS) is 12.8. The van der Waals surface area contributed by atoms with Crippen LogP contribution >= 0.6 is 15.9 Å². The predicted octanol–water partition coefficient (Wildman–Crippen LogP) is 0.783. The molecule has 0 heterocycles. The van der Waals surface area contributed by atoms with Gasteiger partial charge in [-0.3, -0.25) is 4.55 Å². The van der Waals surface area contributed by atoms with E-state index >= 15 is 0 Å². The molecule has 5 heteroatoms. The summed E-state index contributed by atoms with van der Waals surface area (Å²) in [6.07, 6.45) is 1.29. The fourth-order valence-electron chi connectivity index (χ4n) is 0.158. The second-order valence-electron chi connectivity index (χ2n) is 1.11. The minimum absolute atomic E-state index is 0.335. The van der Waals surface area contributed by atoms with Gasteiger partial charge < -0.3 is 0 Å². The molecule has 0 saturated carbocycles. The summed E-state index contributed by atoms with van der Waals surface area (Å²) in [6, 6.07) is 0. The van der Waals surface area contributed by atoms with E-state index in [2.05, 4.69) is 15.9 Å². The van der Waals surface area contributed by atoms with Crippen LogP contribution in [0.4, 0.5) is 0 Å². The minimum atomic E-state index is -3.80. The average molecular weight is 201 g/mol. The van der Waals surface area contributed by atoms with Crippen molar-refractivity contribution in [2.45, 2.75) is 0 Å². The molecule has 0 unspecified atom stereocenters. The zero-order valence-electron chi connectivity index (χ0n) is 3.91. The van der Waals surface area contributed by atoms with Gasteiger partial charge in [-0.2, -0.15) is 8.42 Å². The molecule has 0 fully saturated rings. The highest BCUT2D eigenvalue weighted by atomic mass is 79.9. The van der Waals surface area contributed by atoms with E-state index in [4.69, 9.17) is 4.55 Å². The molecule has 48 valence electrons. The van der Waals surface area contributed by atoms with Gasteiger partial charge in [0, 0.05) is 0 Å². The summed E-state index contributed by atoms with van der Waals surface area (Å²) in [7, 11) is -3.80. The highest BCUT2D eigenvalue weighted by molar-refractivity contribution is 9.11. The number of hydrogen-bond acceptors (Lipinski definition) is 2. The van der Waals surface area contributed by atoms with Crippen molar-refractivity contribution in [1.82, 2.24) is 0 Å². The lowest BCUT2D eigenvalue weighted by Gasteiger charge is -1.83. The minimum Gasteiger partial charge on any atom is -0.285 e. The average Bonchev–Trinajstić information content (AvgIpc) is 1.59. The van der Waals surface area contributed by atoms with Crippen LogP contribution in [0.1, 0.15) is 0 Å². The van der Waals surface area contributed by atoms with E-state index in [-0.39, 0.29) is 5.75 Å². The van der Waals surface area contributed by atoms with Gasteiger partial charge >= 0.3 is 0 Å². The van der Waals surface area contributed by atoms with Crippen molar-refractivity contribution in [2.24, 2.45) is 0 Å². The van der Waals surface area contributed by atoms with Crippen molar-refractivity contribution in [3.63, 3.8) is 0 Å². The molecule has 0 spiro atoms. The quantitative estimate of drug-likeness (QED) is 0.671. The first-order chi connectivity index (χ1) is 3.56. The summed E-state index contributed by atoms with van der Waals surface area (Å²) in [5.41, 5.74) is 0. The van der Waals surface area contributed by atoms with E-state index in [0.29, 0.717) is 0 Å². The van der Waals surface area contributed by atoms with Gasteiger partial charge in [0.05, 0.1) is 5.75 Å². The van der Waals surface area contributed by atoms with Crippen LogP contribution < -0.4 is 0 Å². The fraction of sp³-hybridized carbons (Fsp3) is 0.333. The summed E-state index contributed by atoms with van der Waals surface area (Å²) >= 11 is 2.85. The smallest absolute Gasteiger partial charge is 0.268 e. The van der Waals surface area contributed by atoms with Crippen LogP contribution in [0.5, 0.6) is 0 Å². The highest BCUT2D eigenvalue weighted by Gasteiger charge is 1.96. The summed E-state index contributed by atoms with van der Waals surface area (Å²) in [4.78, 5) is 1.38. The molecule has 0 aromatic carbocycles. The highest BCUT2D eigenvalue weighted by Crippen LogP contribution is 1.86. The van der Waals surface area contributed by atoms with Crippen molar-refractivity contribution in [3.8, 4) is 0 Å². The fourth-order valence-corrected chi connectivity index (χ4v) is 0.932. The predicted molar refractivity (Wildman–Crippen MR) is 34.5 cm³/mol. The first kappa shape index (κ1) is 8.13. The lowest BCUT2D eigenvalue weighted by atomic mass is 10.8. The Morgan fingerprint density at radius 1 is 1.62 bits per heavy atom. The zero-order valence-corrected chi connectivity index (χ0v) is 6.31. The maximum Gasteiger partial charge on any atom is 0.268 e. The summed E-state index contributed by atoms with van der Waals surface area (Å²) in [5.74, 6) is -0.335. The zero-order chi connectivity index (χ0) is 6.62. The van der Waals surface area contributed by atoms with Gasteiger partial charge in [-0.25, -0.2) is 0 Å². The molecule has 3 nitrogen and oxygen atoms in total. The number of halogens is 1. The molecule has 0 aromatic heterocycles. The largest absolute Gasteiger partial charge is 0.285 e. The van der Waals surface area contributed by atoms with E-state index in [9.17, 15) is 8.42 Å². The van der Waals surface area contributed by atoms with Crippen molar-refractivity contribution in [2.75, 3.05) is 5.75 Å². The molecule has 0 saturated heterocycles. The van der Waals surface area contributed by atoms with Gasteiger partial charge in [0.1, 0.15) is 0 Å². The molecule has 0 amide bonds. The van der Waals surface area contributed by atoms with Crippen LogP contribution in [-0.4, -0.2) is 18.7 Å². The second kappa shape index (κ2) is 3.21. The van der Waals surface area contributed by atoms with Gasteiger partial charge in [0.25, 0.3) is 10.1 Å². The molecule has 0 radical (unpaired) electrons. The molecular formula is C3H5BrO3S. The molecule has 0 aromatic rings. The molecule has 0 aliphatic heterocycles. The molecule has 8 heavy (non-hydrogen) atoms. The maximum atomic E-state index is 9.87. The van der Waals surface area contributed by atoms with Crippen molar-refractivity contribution >= 4 is 26.0 Å². The standard InChI is InChI=1S/C3H5BrO3S/c4-2-1-3-8(5,6)7/h1-2H,3H2,(H,5,6,7). The number of hydrogen-bond donors (Lipinski definition) is 1. The Morgan fingerprint density at radius 2 is 2.12 bits per heavy atom. The van der Waals surface area contributed by atoms with E-state index < -0.39 is 10.1 Å². The van der Waals surface area contributed by atoms with Gasteiger partial charge in [0.15, 0.2) is 0 Å². The van der Waals surface area contributed by atoms with Crippen molar-refractivity contribution < 1.29 is 13.0 Å². The van der Waals surface area contributed by atoms with Gasteiger partial charge in [-0.05, 0) is 4.99 Å². The van der Waals surface area contributed by atoms with Crippen LogP contribution in [0, 0.1) is 0 Å². The van der Waals surface area contributed by atoms with Crippen LogP contribution in [-0.2, 0) is 10.1 Å². The third kappa shape index (κ3) is 6.13. The number of rotatable bonds is 2. The van der Waals surface area contributed by atoms with Crippen molar-refractivity contribution in [3.05, 3.63) is 11.1 Å². The Kier molecular flexibility index (Phi) is 3.27. The third-order valence-electron chi connectivity index (χ3n) is 0.396. The molecule has 0 rings (SSSR count). The molecular weight excluding hydrogens is 196 g/mol. The molecule has 0 bridgehead atoms. The molecule has 0 aliphatic carbocycles. The Balaban J connectivity index is 3.76. The van der Waals surface area contributed by atoms with E-state index in [1.54, 1.807) is 0 Å². The monoisotopic (exact) mass is 200 g/mol. The summed E-state index contributed by atoms with van der Waals surface area (Å²) in [6.45, 7) is 0. The van der Waals surface area contributed by atoms with Crippen molar-refractivity contribution in [1.29, 1.82) is 0 Å². The topological polar surface area (TPSA) is 54.4 Å². The third-order valence-corrected chi connectivity index (χ3v) is 1.38. The van der Waals surface area contributed by atoms with Gasteiger partial charge in [0.2, 0.25) is 0 Å². The first-order valence-corrected chi connectivity index (χ1v) is 4.29. The Bertz CT molecular complexity index is 169. The second-order valence-corrected chi connectivity index (χ2v) is 3.14. The molecule has 0 atom stereocenters. The maximum absolute atomic E-state index is 9.87. The van der Waals surface area contributed by atoms with Gasteiger partial charge in [-0.15, -0.1) is 0 Å². The lowest BCUT2D eigenvalue weighted by Crippen LogP contribution is -1.99. The van der Waals surface area contributed by atoms with E-state index in [1.165, 1.54) is 11.1 Å². The van der Waals surface area contributed by atoms with E-state index in [1.807, 2.05) is 0 Å². The van der Waals surface area contributed by atoms with Crippen LogP contribution in [0.2, 0.25) is 0 Å². The van der Waals surface area contributed by atoms with Crippen LogP contribution in [0.25, 0.3) is 0 Å². The SMILES string of the molecule is O=S(=O)(O)CC=CBr. The van der Waals surface area contributed by atoms with Crippen LogP contribution in [0.3, 0.4) is 0 Å². The molecule has 1 N–H and O–H groups in total. The first-order valence-electron chi connectivity index (χ1n) is 1.76. The summed E-state index contributed by atoms with van der Waals surface area (Å²) in [5, 5.41) is 0. The molecule has 0 aliphatic rings.